The van der Waals surface area contributed by atoms with Crippen molar-refractivity contribution >= 4 is 17.5 Å². The Morgan fingerprint density at radius 2 is 1.81 bits per heavy atom. The van der Waals surface area contributed by atoms with Gasteiger partial charge in [0, 0.05) is 11.4 Å². The summed E-state index contributed by atoms with van der Waals surface area (Å²) in [6.07, 6.45) is -4.40. The van der Waals surface area contributed by atoms with Crippen LogP contribution in [0.3, 0.4) is 0 Å². The zero-order valence-corrected chi connectivity index (χ0v) is 8.90. The summed E-state index contributed by atoms with van der Waals surface area (Å²) in [7, 11) is 0. The maximum absolute atomic E-state index is 11.8. The summed E-state index contributed by atoms with van der Waals surface area (Å²) >= 11 is 5.53. The van der Waals surface area contributed by atoms with Gasteiger partial charge in [-0.2, -0.15) is 13.2 Å². The molecule has 0 fully saturated rings. The van der Waals surface area contributed by atoms with Crippen molar-refractivity contribution in [1.29, 1.82) is 0 Å². The molecule has 1 rings (SSSR count). The Kier molecular flexibility index (Phi) is 4.18. The lowest BCUT2D eigenvalue weighted by molar-refractivity contribution is -0.123. The maximum Gasteiger partial charge on any atom is 0.405 e. The summed E-state index contributed by atoms with van der Waals surface area (Å²) in [5.41, 5.74) is 0.979. The first-order valence-corrected chi connectivity index (χ1v) is 4.95. The molecular weight excluding hydrogens is 243 g/mol. The number of carbonyl (C=O) groups excluding carboxylic acids is 1. The molecule has 0 atom stereocenters. The van der Waals surface area contributed by atoms with E-state index in [1.54, 1.807) is 17.4 Å². The average molecular weight is 252 g/mol. The largest absolute Gasteiger partial charge is 0.405 e. The number of alkyl halides is 4. The second-order valence-corrected chi connectivity index (χ2v) is 3.40. The van der Waals surface area contributed by atoms with Crippen molar-refractivity contribution in [1.82, 2.24) is 5.32 Å². The van der Waals surface area contributed by atoms with E-state index in [0.29, 0.717) is 5.88 Å². The van der Waals surface area contributed by atoms with Gasteiger partial charge >= 0.3 is 6.18 Å². The van der Waals surface area contributed by atoms with Crippen LogP contribution in [0.25, 0.3) is 0 Å². The van der Waals surface area contributed by atoms with Gasteiger partial charge in [0.1, 0.15) is 6.54 Å². The fourth-order valence-electron chi connectivity index (χ4n) is 1.03. The highest BCUT2D eigenvalue weighted by Gasteiger charge is 2.27. The van der Waals surface area contributed by atoms with Crippen LogP contribution < -0.4 is 5.32 Å². The van der Waals surface area contributed by atoms with E-state index in [-0.39, 0.29) is 5.56 Å². The minimum absolute atomic E-state index is 0.179. The Morgan fingerprint density at radius 1 is 1.25 bits per heavy atom. The van der Waals surface area contributed by atoms with E-state index in [1.165, 1.54) is 12.1 Å². The van der Waals surface area contributed by atoms with Crippen LogP contribution in [0.2, 0.25) is 0 Å². The molecule has 6 heteroatoms. The van der Waals surface area contributed by atoms with E-state index in [1.807, 2.05) is 0 Å². The van der Waals surface area contributed by atoms with Gasteiger partial charge in [0.05, 0.1) is 0 Å². The van der Waals surface area contributed by atoms with E-state index in [4.69, 9.17) is 11.6 Å². The molecule has 0 saturated carbocycles. The number of carbonyl (C=O) groups is 1. The van der Waals surface area contributed by atoms with Gasteiger partial charge < -0.3 is 5.32 Å². The van der Waals surface area contributed by atoms with Gasteiger partial charge in [-0.15, -0.1) is 11.6 Å². The number of benzene rings is 1. The van der Waals surface area contributed by atoms with Crippen LogP contribution in [-0.4, -0.2) is 18.6 Å². The van der Waals surface area contributed by atoms with Crippen molar-refractivity contribution in [3.8, 4) is 0 Å². The minimum atomic E-state index is -4.40. The van der Waals surface area contributed by atoms with Crippen LogP contribution in [0.15, 0.2) is 24.3 Å². The molecule has 0 radical (unpaired) electrons. The molecule has 1 amide bonds. The highest BCUT2D eigenvalue weighted by molar-refractivity contribution is 6.17. The number of halogens is 4. The average Bonchev–Trinajstić information content (AvgIpc) is 2.25. The zero-order valence-electron chi connectivity index (χ0n) is 8.14. The molecule has 88 valence electrons. The van der Waals surface area contributed by atoms with Gasteiger partial charge in [0.2, 0.25) is 0 Å². The first-order valence-electron chi connectivity index (χ1n) is 4.42. The molecule has 0 bridgehead atoms. The highest BCUT2D eigenvalue weighted by atomic mass is 35.5. The van der Waals surface area contributed by atoms with Gasteiger partial charge in [-0.1, -0.05) is 12.1 Å². The van der Waals surface area contributed by atoms with Crippen LogP contribution in [0, 0.1) is 0 Å². The summed E-state index contributed by atoms with van der Waals surface area (Å²) in [5.74, 6) is -0.455. The second-order valence-electron chi connectivity index (χ2n) is 3.13. The van der Waals surface area contributed by atoms with Crippen LogP contribution >= 0.6 is 11.6 Å². The van der Waals surface area contributed by atoms with Gasteiger partial charge in [-0.05, 0) is 17.7 Å². The van der Waals surface area contributed by atoms with Crippen molar-refractivity contribution in [3.63, 3.8) is 0 Å². The van der Waals surface area contributed by atoms with Crippen molar-refractivity contribution in [2.45, 2.75) is 12.1 Å². The third kappa shape index (κ3) is 4.10. The molecule has 1 N–H and O–H groups in total. The SMILES string of the molecule is O=C(NCC(F)(F)F)c1ccc(CCl)cc1. The summed E-state index contributed by atoms with van der Waals surface area (Å²) < 4.78 is 35.5. The molecular formula is C10H9ClF3NO. The molecule has 0 heterocycles. The standard InChI is InChI=1S/C10H9ClF3NO/c11-5-7-1-3-8(4-2-7)9(16)15-6-10(12,13)14/h1-4H,5-6H2,(H,15,16). The Hall–Kier alpha value is -1.23. The third-order valence-electron chi connectivity index (χ3n) is 1.82. The number of rotatable bonds is 3. The normalized spacial score (nSPS) is 11.2. The fourth-order valence-corrected chi connectivity index (χ4v) is 1.21. The Labute approximate surface area is 95.4 Å². The minimum Gasteiger partial charge on any atom is -0.343 e. The Bertz CT molecular complexity index is 361. The van der Waals surface area contributed by atoms with E-state index in [0.717, 1.165) is 5.56 Å². The molecule has 0 aliphatic heterocycles. The topological polar surface area (TPSA) is 29.1 Å². The lowest BCUT2D eigenvalue weighted by atomic mass is 10.1. The quantitative estimate of drug-likeness (QED) is 0.823. The van der Waals surface area contributed by atoms with E-state index >= 15 is 0 Å². The van der Waals surface area contributed by atoms with E-state index in [2.05, 4.69) is 0 Å². The van der Waals surface area contributed by atoms with Crippen molar-refractivity contribution in [2.75, 3.05) is 6.54 Å². The van der Waals surface area contributed by atoms with Crippen LogP contribution in [0.1, 0.15) is 15.9 Å². The van der Waals surface area contributed by atoms with Crippen LogP contribution in [-0.2, 0) is 5.88 Å². The first-order chi connectivity index (χ1) is 7.42. The molecule has 0 aromatic heterocycles. The van der Waals surface area contributed by atoms with Gasteiger partial charge in [-0.25, -0.2) is 0 Å². The summed E-state index contributed by atoms with van der Waals surface area (Å²) in [4.78, 5) is 11.2. The molecule has 1 aromatic carbocycles. The van der Waals surface area contributed by atoms with Crippen molar-refractivity contribution in [3.05, 3.63) is 35.4 Å². The summed E-state index contributed by atoms with van der Waals surface area (Å²) in [5, 5.41) is 1.78. The predicted octanol–water partition coefficient (Wildman–Crippen LogP) is 2.72. The number of hydrogen-bond donors (Lipinski definition) is 1. The summed E-state index contributed by atoms with van der Waals surface area (Å²) in [6.45, 7) is -1.33. The molecule has 0 aliphatic carbocycles. The maximum atomic E-state index is 11.8. The molecule has 16 heavy (non-hydrogen) atoms. The van der Waals surface area contributed by atoms with E-state index < -0.39 is 18.6 Å². The molecule has 0 aliphatic rings. The molecule has 0 unspecified atom stereocenters. The van der Waals surface area contributed by atoms with Crippen LogP contribution in [0.4, 0.5) is 13.2 Å². The summed E-state index contributed by atoms with van der Waals surface area (Å²) in [6, 6.07) is 6.05. The van der Waals surface area contributed by atoms with Crippen LogP contribution in [0.5, 0.6) is 0 Å². The van der Waals surface area contributed by atoms with Gasteiger partial charge in [0.15, 0.2) is 0 Å². The molecule has 1 aromatic rings. The number of amides is 1. The number of hydrogen-bond acceptors (Lipinski definition) is 1. The lowest BCUT2D eigenvalue weighted by Crippen LogP contribution is -2.33. The zero-order chi connectivity index (χ0) is 12.2. The molecule has 0 saturated heterocycles. The third-order valence-corrected chi connectivity index (χ3v) is 2.13. The molecule has 2 nitrogen and oxygen atoms in total. The Morgan fingerprint density at radius 3 is 2.25 bits per heavy atom. The predicted molar refractivity (Wildman–Crippen MR) is 54.4 cm³/mol. The van der Waals surface area contributed by atoms with E-state index in [9.17, 15) is 18.0 Å². The molecule has 0 spiro atoms. The smallest absolute Gasteiger partial charge is 0.343 e. The lowest BCUT2D eigenvalue weighted by Gasteiger charge is -2.08. The number of nitrogens with one attached hydrogen (secondary N) is 1. The van der Waals surface area contributed by atoms with Gasteiger partial charge in [-0.3, -0.25) is 4.79 Å². The fraction of sp³-hybridized carbons (Fsp3) is 0.300. The second kappa shape index (κ2) is 5.21. The van der Waals surface area contributed by atoms with Gasteiger partial charge in [0.25, 0.3) is 5.91 Å². The van der Waals surface area contributed by atoms with Crippen molar-refractivity contribution < 1.29 is 18.0 Å². The first kappa shape index (κ1) is 12.8. The van der Waals surface area contributed by atoms with Crippen molar-refractivity contribution in [2.24, 2.45) is 0 Å². The Balaban J connectivity index is 2.59. The monoisotopic (exact) mass is 251 g/mol. The highest BCUT2D eigenvalue weighted by Crippen LogP contribution is 2.13.